The van der Waals surface area contributed by atoms with Crippen LogP contribution in [0.5, 0.6) is 0 Å². The van der Waals surface area contributed by atoms with Crippen LogP contribution in [0.3, 0.4) is 0 Å². The van der Waals surface area contributed by atoms with Crippen LogP contribution in [0.15, 0.2) is 35.2 Å². The number of alkyl halides is 1. The van der Waals surface area contributed by atoms with Crippen molar-refractivity contribution in [3.05, 3.63) is 30.3 Å². The maximum atomic E-state index is 11.5. The summed E-state index contributed by atoms with van der Waals surface area (Å²) >= 11 is 5.38. The van der Waals surface area contributed by atoms with Crippen LogP contribution in [0.1, 0.15) is 0 Å². The number of benzene rings is 1. The van der Waals surface area contributed by atoms with Crippen LogP contribution < -0.4 is 5.73 Å². The first-order chi connectivity index (χ1) is 6.46. The van der Waals surface area contributed by atoms with Crippen molar-refractivity contribution >= 4 is 27.3 Å². The Morgan fingerprint density at radius 3 is 2.21 bits per heavy atom. The van der Waals surface area contributed by atoms with Gasteiger partial charge in [-0.3, -0.25) is 4.79 Å². The summed E-state index contributed by atoms with van der Waals surface area (Å²) in [5.74, 6) is -1.07. The molecule has 0 fully saturated rings. The SMILES string of the molecule is NC(=O)C(Cl)S(=O)(=O)c1ccccc1. The van der Waals surface area contributed by atoms with Crippen molar-refractivity contribution in [2.24, 2.45) is 5.73 Å². The van der Waals surface area contributed by atoms with Gasteiger partial charge >= 0.3 is 0 Å². The second-order valence-corrected chi connectivity index (χ2v) is 5.30. The molecule has 0 radical (unpaired) electrons. The molecule has 1 unspecified atom stereocenters. The fourth-order valence-corrected chi connectivity index (χ4v) is 2.27. The number of rotatable bonds is 3. The average molecular weight is 234 g/mol. The zero-order chi connectivity index (χ0) is 10.8. The van der Waals surface area contributed by atoms with E-state index in [1.165, 1.54) is 24.3 Å². The van der Waals surface area contributed by atoms with Crippen molar-refractivity contribution in [2.45, 2.75) is 9.60 Å². The molecule has 0 bridgehead atoms. The van der Waals surface area contributed by atoms with Gasteiger partial charge in [0, 0.05) is 0 Å². The van der Waals surface area contributed by atoms with Gasteiger partial charge in [-0.15, -0.1) is 0 Å². The molecule has 0 saturated carbocycles. The highest BCUT2D eigenvalue weighted by Crippen LogP contribution is 2.17. The molecule has 0 aliphatic carbocycles. The fraction of sp³-hybridized carbons (Fsp3) is 0.125. The van der Waals surface area contributed by atoms with Crippen LogP contribution in [0.25, 0.3) is 0 Å². The lowest BCUT2D eigenvalue weighted by Crippen LogP contribution is -2.31. The molecule has 1 aromatic carbocycles. The van der Waals surface area contributed by atoms with Gasteiger partial charge in [0.2, 0.25) is 14.5 Å². The summed E-state index contributed by atoms with van der Waals surface area (Å²) in [6.07, 6.45) is 0. The number of carbonyl (C=O) groups excluding carboxylic acids is 1. The average Bonchev–Trinajstić information content (AvgIpc) is 2.18. The molecule has 0 aliphatic rings. The number of primary amides is 1. The Morgan fingerprint density at radius 2 is 1.79 bits per heavy atom. The third kappa shape index (κ3) is 2.05. The van der Waals surface area contributed by atoms with Crippen molar-refractivity contribution in [1.29, 1.82) is 0 Å². The highest BCUT2D eigenvalue weighted by molar-refractivity contribution is 7.94. The molecule has 1 rings (SSSR count). The molecule has 1 atom stereocenters. The minimum atomic E-state index is -3.85. The summed E-state index contributed by atoms with van der Waals surface area (Å²) < 4.78 is 21.4. The van der Waals surface area contributed by atoms with E-state index >= 15 is 0 Å². The number of carbonyl (C=O) groups is 1. The standard InChI is InChI=1S/C8H8ClNO3S/c9-7(8(10)11)14(12,13)6-4-2-1-3-5-6/h1-5,7H,(H2,10,11). The van der Waals surface area contributed by atoms with Crippen molar-refractivity contribution in [3.8, 4) is 0 Å². The second kappa shape index (κ2) is 3.98. The fourth-order valence-electron chi connectivity index (χ4n) is 0.883. The maximum absolute atomic E-state index is 11.5. The largest absolute Gasteiger partial charge is 0.367 e. The van der Waals surface area contributed by atoms with Gasteiger partial charge in [0.05, 0.1) is 4.90 Å². The third-order valence-corrected chi connectivity index (χ3v) is 4.19. The monoisotopic (exact) mass is 233 g/mol. The van der Waals surface area contributed by atoms with E-state index in [1.807, 2.05) is 0 Å². The zero-order valence-electron chi connectivity index (χ0n) is 7.05. The Hall–Kier alpha value is -1.07. The Kier molecular flexibility index (Phi) is 3.13. The molecule has 76 valence electrons. The number of amides is 1. The van der Waals surface area contributed by atoms with E-state index in [9.17, 15) is 13.2 Å². The topological polar surface area (TPSA) is 77.2 Å². The van der Waals surface area contributed by atoms with Crippen LogP contribution >= 0.6 is 11.6 Å². The van der Waals surface area contributed by atoms with Crippen molar-refractivity contribution in [3.63, 3.8) is 0 Å². The number of halogens is 1. The van der Waals surface area contributed by atoms with Crippen molar-refractivity contribution in [2.75, 3.05) is 0 Å². The maximum Gasteiger partial charge on any atom is 0.251 e. The molecule has 0 aliphatic heterocycles. The van der Waals surface area contributed by atoms with Gasteiger partial charge in [0.25, 0.3) is 5.91 Å². The van der Waals surface area contributed by atoms with E-state index in [4.69, 9.17) is 17.3 Å². The number of nitrogens with two attached hydrogens (primary N) is 1. The Morgan fingerprint density at radius 1 is 1.29 bits per heavy atom. The Balaban J connectivity index is 3.16. The molecule has 14 heavy (non-hydrogen) atoms. The van der Waals surface area contributed by atoms with Gasteiger partial charge in [-0.1, -0.05) is 29.8 Å². The molecule has 0 saturated heterocycles. The molecular weight excluding hydrogens is 226 g/mol. The number of hydrogen-bond acceptors (Lipinski definition) is 3. The summed E-state index contributed by atoms with van der Waals surface area (Å²) in [6, 6.07) is 7.45. The predicted molar refractivity (Wildman–Crippen MR) is 52.5 cm³/mol. The normalized spacial score (nSPS) is 13.5. The molecule has 1 amide bonds. The smallest absolute Gasteiger partial charge is 0.251 e. The van der Waals surface area contributed by atoms with Crippen LogP contribution in [0, 0.1) is 0 Å². The van der Waals surface area contributed by atoms with Gasteiger partial charge in [-0.25, -0.2) is 8.42 Å². The molecule has 0 heterocycles. The third-order valence-electron chi connectivity index (χ3n) is 1.57. The van der Waals surface area contributed by atoms with E-state index in [0.29, 0.717) is 0 Å². The van der Waals surface area contributed by atoms with Crippen LogP contribution in [0.4, 0.5) is 0 Å². The minimum absolute atomic E-state index is 0.0150. The number of sulfone groups is 1. The second-order valence-electron chi connectivity index (χ2n) is 2.58. The quantitative estimate of drug-likeness (QED) is 0.773. The lowest BCUT2D eigenvalue weighted by Gasteiger charge is -2.06. The Labute approximate surface area is 86.6 Å². The minimum Gasteiger partial charge on any atom is -0.367 e. The summed E-state index contributed by atoms with van der Waals surface area (Å²) in [4.78, 5) is 10.6. The van der Waals surface area contributed by atoms with Gasteiger partial charge in [-0.2, -0.15) is 0 Å². The molecule has 1 aromatic rings. The molecular formula is C8H8ClNO3S. The first-order valence-electron chi connectivity index (χ1n) is 3.68. The van der Waals surface area contributed by atoms with E-state index in [-0.39, 0.29) is 4.90 Å². The predicted octanol–water partition coefficient (Wildman–Crippen LogP) is 0.510. The molecule has 0 spiro atoms. The van der Waals surface area contributed by atoms with Crippen LogP contribution in [-0.2, 0) is 14.6 Å². The summed E-state index contributed by atoms with van der Waals surface area (Å²) in [7, 11) is -3.85. The van der Waals surface area contributed by atoms with Crippen LogP contribution in [0.2, 0.25) is 0 Å². The molecule has 2 N–H and O–H groups in total. The first-order valence-corrected chi connectivity index (χ1v) is 5.67. The lowest BCUT2D eigenvalue weighted by molar-refractivity contribution is -0.116. The molecule has 4 nitrogen and oxygen atoms in total. The van der Waals surface area contributed by atoms with Gasteiger partial charge in [0.15, 0.2) is 0 Å². The van der Waals surface area contributed by atoms with E-state index < -0.39 is 20.5 Å². The van der Waals surface area contributed by atoms with Crippen molar-refractivity contribution in [1.82, 2.24) is 0 Å². The first kappa shape index (κ1) is 11.0. The summed E-state index contributed by atoms with van der Waals surface area (Å²) in [5.41, 5.74) is 4.81. The van der Waals surface area contributed by atoms with E-state index in [1.54, 1.807) is 6.07 Å². The van der Waals surface area contributed by atoms with Gasteiger partial charge in [0.1, 0.15) is 0 Å². The molecule has 0 aromatic heterocycles. The highest BCUT2D eigenvalue weighted by Gasteiger charge is 2.29. The van der Waals surface area contributed by atoms with E-state index in [2.05, 4.69) is 0 Å². The Bertz CT molecular complexity index is 429. The van der Waals surface area contributed by atoms with Gasteiger partial charge < -0.3 is 5.73 Å². The van der Waals surface area contributed by atoms with Crippen molar-refractivity contribution < 1.29 is 13.2 Å². The van der Waals surface area contributed by atoms with E-state index in [0.717, 1.165) is 0 Å². The molecule has 6 heteroatoms. The van der Waals surface area contributed by atoms with Gasteiger partial charge in [-0.05, 0) is 12.1 Å². The number of hydrogen-bond donors (Lipinski definition) is 1. The summed E-state index contributed by atoms with van der Waals surface area (Å²) in [6.45, 7) is 0. The van der Waals surface area contributed by atoms with Crippen LogP contribution in [-0.4, -0.2) is 19.0 Å². The summed E-state index contributed by atoms with van der Waals surface area (Å²) in [5, 5.41) is 0. The zero-order valence-corrected chi connectivity index (χ0v) is 8.62. The lowest BCUT2D eigenvalue weighted by atomic mass is 10.4. The highest BCUT2D eigenvalue weighted by atomic mass is 35.5.